The van der Waals surface area contributed by atoms with E-state index in [2.05, 4.69) is 249 Å². The Balaban J connectivity index is 1.03. The first-order valence-corrected chi connectivity index (χ1v) is 22.8. The molecule has 66 heavy (non-hydrogen) atoms. The fourth-order valence-corrected chi connectivity index (χ4v) is 9.42. The number of hydrogen-bond donors (Lipinski definition) is 0. The lowest BCUT2D eigenvalue weighted by atomic mass is 9.86. The molecule has 11 aromatic rings. The smallest absolute Gasteiger partial charge is 0.269 e. The Morgan fingerprint density at radius 1 is 0.530 bits per heavy atom. The molecule has 0 aliphatic rings. The molecule has 8 aromatic carbocycles. The molecule has 0 aliphatic heterocycles. The summed E-state index contributed by atoms with van der Waals surface area (Å²) < 4.78 is 13.5. The van der Waals surface area contributed by atoms with Gasteiger partial charge in [-0.25, -0.2) is 4.98 Å². The second-order valence-corrected chi connectivity index (χ2v) is 18.4. The molecule has 0 amide bonds. The molecule has 0 atom stereocenters. The number of ether oxygens (including phenoxy) is 1. The molecule has 0 fully saturated rings. The van der Waals surface area contributed by atoms with Crippen molar-refractivity contribution >= 4 is 32.8 Å². The van der Waals surface area contributed by atoms with Gasteiger partial charge in [0.25, 0.3) is 6.33 Å². The molecule has 0 N–H and O–H groups in total. The first-order valence-electron chi connectivity index (χ1n) is 22.8. The van der Waals surface area contributed by atoms with Crippen molar-refractivity contribution in [2.75, 3.05) is 0 Å². The van der Waals surface area contributed by atoms with Gasteiger partial charge in [-0.1, -0.05) is 180 Å². The first-order chi connectivity index (χ1) is 32.2. The van der Waals surface area contributed by atoms with Gasteiger partial charge >= 0.3 is 0 Å². The van der Waals surface area contributed by atoms with Crippen LogP contribution in [0, 0.1) is 6.33 Å². The maximum Gasteiger partial charge on any atom is 0.269 e. The maximum atomic E-state index is 6.84. The van der Waals surface area contributed by atoms with Crippen LogP contribution in [0.5, 0.6) is 11.5 Å². The quantitative estimate of drug-likeness (QED) is 0.107. The Kier molecular flexibility index (Phi) is 10.2. The molecule has 11 rings (SSSR count). The number of benzene rings is 8. The van der Waals surface area contributed by atoms with E-state index in [0.717, 1.165) is 84.0 Å². The van der Waals surface area contributed by atoms with Crippen molar-refractivity contribution in [3.63, 3.8) is 0 Å². The summed E-state index contributed by atoms with van der Waals surface area (Å²) >= 11 is 0. The molecule has 320 valence electrons. The fourth-order valence-electron chi connectivity index (χ4n) is 9.42. The molecule has 0 radical (unpaired) electrons. The van der Waals surface area contributed by atoms with Crippen molar-refractivity contribution in [1.29, 1.82) is 0 Å². The molecule has 3 aromatic heterocycles. The maximum absolute atomic E-state index is 6.84. The number of rotatable bonds is 9. The highest BCUT2D eigenvalue weighted by atomic mass is 16.5. The third-order valence-corrected chi connectivity index (χ3v) is 12.8. The zero-order chi connectivity index (χ0) is 44.9. The number of nitrogens with zero attached hydrogens (tertiary/aromatic N) is 4. The lowest BCUT2D eigenvalue weighted by molar-refractivity contribution is -0.571. The van der Waals surface area contributed by atoms with E-state index in [4.69, 9.17) is 9.72 Å². The van der Waals surface area contributed by atoms with Gasteiger partial charge in [-0.3, -0.25) is 13.7 Å². The summed E-state index contributed by atoms with van der Waals surface area (Å²) in [6.07, 6.45) is 5.85. The molecule has 0 unspecified atom stereocenters. The molecule has 0 spiro atoms. The van der Waals surface area contributed by atoms with E-state index in [1.54, 1.807) is 0 Å². The van der Waals surface area contributed by atoms with Gasteiger partial charge in [0.1, 0.15) is 17.3 Å². The number of para-hydroxylation sites is 3. The second kappa shape index (κ2) is 16.5. The predicted octanol–water partition coefficient (Wildman–Crippen LogP) is 15.4. The minimum Gasteiger partial charge on any atom is -0.458 e. The van der Waals surface area contributed by atoms with Crippen molar-refractivity contribution < 1.29 is 9.30 Å². The number of fused-ring (bicyclic) bond motifs is 4. The van der Waals surface area contributed by atoms with Crippen LogP contribution < -0.4 is 9.30 Å². The van der Waals surface area contributed by atoms with Gasteiger partial charge in [-0.05, 0) is 98.8 Å². The molecule has 3 heterocycles. The Bertz CT molecular complexity index is 3500. The van der Waals surface area contributed by atoms with E-state index < -0.39 is 0 Å². The molecule has 5 heteroatoms. The van der Waals surface area contributed by atoms with E-state index >= 15 is 0 Å². The van der Waals surface area contributed by atoms with Crippen molar-refractivity contribution in [2.45, 2.75) is 46.0 Å². The van der Waals surface area contributed by atoms with Crippen LogP contribution in [0.4, 0.5) is 0 Å². The predicted molar refractivity (Wildman–Crippen MR) is 271 cm³/mol. The van der Waals surface area contributed by atoms with Crippen LogP contribution in [0.25, 0.3) is 83.4 Å². The van der Waals surface area contributed by atoms with Gasteiger partial charge in [0.15, 0.2) is 0 Å². The Morgan fingerprint density at radius 3 is 1.82 bits per heavy atom. The molecule has 0 saturated heterocycles. The van der Waals surface area contributed by atoms with Crippen molar-refractivity contribution in [1.82, 2.24) is 14.1 Å². The molecular formula is C61H50N4O. The van der Waals surface area contributed by atoms with Gasteiger partial charge in [0, 0.05) is 28.6 Å². The molecule has 0 aliphatic carbocycles. The van der Waals surface area contributed by atoms with Crippen LogP contribution in [-0.2, 0) is 5.41 Å². The van der Waals surface area contributed by atoms with E-state index in [1.165, 1.54) is 22.1 Å². The Hall–Kier alpha value is -8.02. The van der Waals surface area contributed by atoms with Crippen molar-refractivity contribution in [2.24, 2.45) is 0 Å². The van der Waals surface area contributed by atoms with Crippen molar-refractivity contribution in [3.8, 4) is 62.1 Å². The third-order valence-electron chi connectivity index (χ3n) is 12.8. The zero-order valence-corrected chi connectivity index (χ0v) is 37.9. The molecule has 5 nitrogen and oxygen atoms in total. The summed E-state index contributed by atoms with van der Waals surface area (Å²) in [5, 5.41) is 2.35. The molecule has 0 bridgehead atoms. The SMILES string of the molecule is CC(C)c1cc(-n2c3ccc(C(C)(C)C)cc3c3ccc(Oc4cccc(-n5[c-][n+](-c6c(-c7ccccc7)cccc6-c6ccccc6)c6ccccc65)c4)cc32)ncc1-c1ccccc1. The largest absolute Gasteiger partial charge is 0.458 e. The monoisotopic (exact) mass is 854 g/mol. The van der Waals surface area contributed by atoms with Gasteiger partial charge in [0.05, 0.1) is 33.4 Å². The van der Waals surface area contributed by atoms with Gasteiger partial charge < -0.3 is 4.74 Å². The highest BCUT2D eigenvalue weighted by molar-refractivity contribution is 6.10. The molecular weight excluding hydrogens is 805 g/mol. The summed E-state index contributed by atoms with van der Waals surface area (Å²) in [5.74, 6) is 2.64. The Morgan fingerprint density at radius 2 is 1.15 bits per heavy atom. The average molecular weight is 855 g/mol. The summed E-state index contributed by atoms with van der Waals surface area (Å²) in [7, 11) is 0. The van der Waals surface area contributed by atoms with Gasteiger partial charge in [-0.2, -0.15) is 0 Å². The number of imidazole rings is 1. The molecule has 0 saturated carbocycles. The zero-order valence-electron chi connectivity index (χ0n) is 37.9. The first kappa shape index (κ1) is 40.7. The summed E-state index contributed by atoms with van der Waals surface area (Å²) in [6, 6.07) is 70.8. The van der Waals surface area contributed by atoms with E-state index in [-0.39, 0.29) is 5.41 Å². The normalized spacial score (nSPS) is 11.8. The third kappa shape index (κ3) is 7.33. The van der Waals surface area contributed by atoms with Gasteiger partial charge in [-0.15, -0.1) is 0 Å². The van der Waals surface area contributed by atoms with Crippen LogP contribution in [-0.4, -0.2) is 14.1 Å². The van der Waals surface area contributed by atoms with Crippen LogP contribution in [0.1, 0.15) is 51.7 Å². The van der Waals surface area contributed by atoms with E-state index in [9.17, 15) is 0 Å². The Labute approximate surface area is 386 Å². The fraction of sp³-hybridized carbons (Fsp3) is 0.115. The van der Waals surface area contributed by atoms with E-state index in [0.29, 0.717) is 5.92 Å². The second-order valence-electron chi connectivity index (χ2n) is 18.4. The van der Waals surface area contributed by atoms with Crippen LogP contribution in [0.3, 0.4) is 0 Å². The van der Waals surface area contributed by atoms with Gasteiger partial charge in [0.2, 0.25) is 0 Å². The minimum atomic E-state index is -0.00567. The number of pyridine rings is 1. The van der Waals surface area contributed by atoms with Crippen LogP contribution in [0.2, 0.25) is 0 Å². The van der Waals surface area contributed by atoms with Crippen molar-refractivity contribution in [3.05, 3.63) is 224 Å². The highest BCUT2D eigenvalue weighted by Gasteiger charge is 2.22. The lowest BCUT2D eigenvalue weighted by Gasteiger charge is -2.19. The average Bonchev–Trinajstić information content (AvgIpc) is 3.90. The van der Waals surface area contributed by atoms with Crippen LogP contribution in [0.15, 0.2) is 206 Å². The topological polar surface area (TPSA) is 35.9 Å². The number of hydrogen-bond acceptors (Lipinski definition) is 2. The summed E-state index contributed by atoms with van der Waals surface area (Å²) in [6.45, 7) is 11.3. The lowest BCUT2D eigenvalue weighted by Crippen LogP contribution is -2.31. The summed E-state index contributed by atoms with van der Waals surface area (Å²) in [5.41, 5.74) is 15.6. The van der Waals surface area contributed by atoms with E-state index in [1.807, 2.05) is 12.3 Å². The standard InChI is InChI=1S/C61H50N4O/c1-41(2)52-38-59(62-39-54(52)44-23-13-8-14-24-44)65-55-34-31-45(61(3,4)5)35-53(55)51-33-32-48(37-58(51)65)66-47-26-17-25-46(36-47)63-40-64(57-30-16-15-29-56(57)63)60-49(42-19-9-6-10-20-42)27-18-28-50(60)43-21-11-7-12-22-43/h6-39,41H,1-5H3. The van der Waals surface area contributed by atoms with Crippen LogP contribution >= 0.6 is 0 Å². The highest BCUT2D eigenvalue weighted by Crippen LogP contribution is 2.40. The minimum absolute atomic E-state index is 0.00567. The summed E-state index contributed by atoms with van der Waals surface area (Å²) in [4.78, 5) is 5.18. The number of aromatic nitrogens is 4.